The van der Waals surface area contributed by atoms with Crippen molar-refractivity contribution in [2.24, 2.45) is 0 Å². The first-order valence-corrected chi connectivity index (χ1v) is 6.50. The van der Waals surface area contributed by atoms with Crippen LogP contribution in [-0.4, -0.2) is 10.1 Å². The number of hydrogen-bond donors (Lipinski definition) is 0. The zero-order valence-corrected chi connectivity index (χ0v) is 11.4. The third kappa shape index (κ3) is 3.30. The van der Waals surface area contributed by atoms with Crippen LogP contribution in [0.2, 0.25) is 0 Å². The van der Waals surface area contributed by atoms with Gasteiger partial charge in [-0.1, -0.05) is 24.6 Å². The van der Waals surface area contributed by atoms with Crippen LogP contribution in [0.4, 0.5) is 13.2 Å². The van der Waals surface area contributed by atoms with Crippen molar-refractivity contribution in [1.29, 1.82) is 0 Å². The molecule has 0 spiro atoms. The summed E-state index contributed by atoms with van der Waals surface area (Å²) in [6, 6.07) is 4.74. The van der Waals surface area contributed by atoms with E-state index in [1.807, 2.05) is 6.92 Å². The van der Waals surface area contributed by atoms with E-state index in [2.05, 4.69) is 10.1 Å². The molecule has 0 aliphatic rings. The van der Waals surface area contributed by atoms with Gasteiger partial charge in [-0.05, 0) is 24.6 Å². The van der Waals surface area contributed by atoms with E-state index in [9.17, 15) is 13.2 Å². The van der Waals surface area contributed by atoms with Crippen molar-refractivity contribution < 1.29 is 17.7 Å². The Morgan fingerprint density at radius 2 is 2.10 bits per heavy atom. The normalized spacial score (nSPS) is 13.4. The highest BCUT2D eigenvalue weighted by Gasteiger charge is 2.31. The van der Waals surface area contributed by atoms with E-state index in [0.717, 1.165) is 18.6 Å². The molecule has 2 aromatic rings. The summed E-state index contributed by atoms with van der Waals surface area (Å²) >= 11 is 6.05. The van der Waals surface area contributed by atoms with Gasteiger partial charge in [0.05, 0.1) is 10.9 Å². The first-order chi connectivity index (χ1) is 9.41. The molecule has 0 saturated carbocycles. The SMILES string of the molecule is CCCC(Cl)c1noc(-c2cccc(C(F)(F)F)c2)n1. The van der Waals surface area contributed by atoms with Crippen LogP contribution in [0, 0.1) is 0 Å². The molecular weight excluding hydrogens is 293 g/mol. The second-order valence-electron chi connectivity index (χ2n) is 4.29. The minimum atomic E-state index is -4.41. The Balaban J connectivity index is 2.28. The largest absolute Gasteiger partial charge is 0.416 e. The predicted molar refractivity (Wildman–Crippen MR) is 68.2 cm³/mol. The molecule has 0 radical (unpaired) electrons. The van der Waals surface area contributed by atoms with Gasteiger partial charge in [-0.15, -0.1) is 11.6 Å². The molecule has 7 heteroatoms. The maximum Gasteiger partial charge on any atom is 0.416 e. The molecule has 20 heavy (non-hydrogen) atoms. The molecule has 108 valence electrons. The van der Waals surface area contributed by atoms with Crippen LogP contribution < -0.4 is 0 Å². The highest BCUT2D eigenvalue weighted by Crippen LogP contribution is 2.32. The standard InChI is InChI=1S/C13H12ClF3N2O/c1-2-4-10(14)11-18-12(20-19-11)8-5-3-6-9(7-8)13(15,16)17/h3,5-7,10H,2,4H2,1H3. The molecule has 2 rings (SSSR count). The topological polar surface area (TPSA) is 38.9 Å². The van der Waals surface area contributed by atoms with Crippen LogP contribution in [-0.2, 0) is 6.18 Å². The molecule has 0 amide bonds. The van der Waals surface area contributed by atoms with Gasteiger partial charge in [0.25, 0.3) is 5.89 Å². The van der Waals surface area contributed by atoms with Crippen molar-refractivity contribution in [3.63, 3.8) is 0 Å². The molecule has 0 saturated heterocycles. The van der Waals surface area contributed by atoms with E-state index in [0.29, 0.717) is 12.2 Å². The molecule has 0 N–H and O–H groups in total. The summed E-state index contributed by atoms with van der Waals surface area (Å²) in [5.74, 6) is 0.328. The maximum atomic E-state index is 12.6. The van der Waals surface area contributed by atoms with Crippen LogP contribution in [0.25, 0.3) is 11.5 Å². The zero-order valence-electron chi connectivity index (χ0n) is 10.6. The van der Waals surface area contributed by atoms with E-state index in [4.69, 9.17) is 16.1 Å². The van der Waals surface area contributed by atoms with Gasteiger partial charge in [-0.3, -0.25) is 0 Å². The fourth-order valence-corrected chi connectivity index (χ4v) is 2.00. The van der Waals surface area contributed by atoms with Crippen molar-refractivity contribution >= 4 is 11.6 Å². The Hall–Kier alpha value is -1.56. The summed E-state index contributed by atoms with van der Waals surface area (Å²) in [7, 11) is 0. The van der Waals surface area contributed by atoms with Gasteiger partial charge in [0.2, 0.25) is 0 Å². The number of aromatic nitrogens is 2. The Morgan fingerprint density at radius 3 is 2.75 bits per heavy atom. The van der Waals surface area contributed by atoms with Gasteiger partial charge in [-0.25, -0.2) is 0 Å². The van der Waals surface area contributed by atoms with Crippen molar-refractivity contribution in [2.75, 3.05) is 0 Å². The lowest BCUT2D eigenvalue weighted by Crippen LogP contribution is -2.04. The lowest BCUT2D eigenvalue weighted by Gasteiger charge is -2.06. The molecule has 1 aromatic heterocycles. The molecular formula is C13H12ClF3N2O. The fraction of sp³-hybridized carbons (Fsp3) is 0.385. The summed E-state index contributed by atoms with van der Waals surface area (Å²) in [6.45, 7) is 1.96. The minimum absolute atomic E-state index is 0.0350. The van der Waals surface area contributed by atoms with E-state index in [-0.39, 0.29) is 11.5 Å². The van der Waals surface area contributed by atoms with Crippen LogP contribution >= 0.6 is 11.6 Å². The molecule has 0 aliphatic heterocycles. The average Bonchev–Trinajstić information content (AvgIpc) is 2.88. The lowest BCUT2D eigenvalue weighted by molar-refractivity contribution is -0.137. The quantitative estimate of drug-likeness (QED) is 0.759. The second kappa shape index (κ2) is 5.83. The van der Waals surface area contributed by atoms with Crippen molar-refractivity contribution in [3.05, 3.63) is 35.7 Å². The molecule has 1 unspecified atom stereocenters. The third-order valence-electron chi connectivity index (χ3n) is 2.70. The average molecular weight is 305 g/mol. The number of hydrogen-bond acceptors (Lipinski definition) is 3. The Bertz CT molecular complexity index is 583. The molecule has 3 nitrogen and oxygen atoms in total. The van der Waals surface area contributed by atoms with Crippen LogP contribution in [0.3, 0.4) is 0 Å². The van der Waals surface area contributed by atoms with Gasteiger partial charge in [0, 0.05) is 5.56 Å². The maximum absolute atomic E-state index is 12.6. The van der Waals surface area contributed by atoms with Crippen LogP contribution in [0.15, 0.2) is 28.8 Å². The van der Waals surface area contributed by atoms with Gasteiger partial charge >= 0.3 is 6.18 Å². The van der Waals surface area contributed by atoms with Crippen LogP contribution in [0.5, 0.6) is 0 Å². The fourth-order valence-electron chi connectivity index (χ4n) is 1.69. The summed E-state index contributed by atoms with van der Waals surface area (Å²) in [5.41, 5.74) is -0.537. The highest BCUT2D eigenvalue weighted by molar-refractivity contribution is 6.20. The molecule has 0 bridgehead atoms. The summed E-state index contributed by atoms with van der Waals surface area (Å²) in [5, 5.41) is 3.30. The Morgan fingerprint density at radius 1 is 1.35 bits per heavy atom. The molecule has 1 aromatic carbocycles. The monoisotopic (exact) mass is 304 g/mol. The van der Waals surface area contributed by atoms with E-state index < -0.39 is 17.1 Å². The summed E-state index contributed by atoms with van der Waals surface area (Å²) < 4.78 is 42.9. The smallest absolute Gasteiger partial charge is 0.334 e. The summed E-state index contributed by atoms with van der Waals surface area (Å²) in [6.07, 6.45) is -2.89. The third-order valence-corrected chi connectivity index (χ3v) is 3.11. The second-order valence-corrected chi connectivity index (χ2v) is 4.82. The number of nitrogens with zero attached hydrogens (tertiary/aromatic N) is 2. The minimum Gasteiger partial charge on any atom is -0.334 e. The number of benzene rings is 1. The zero-order chi connectivity index (χ0) is 14.8. The number of halogens is 4. The summed E-state index contributed by atoms with van der Waals surface area (Å²) in [4.78, 5) is 4.05. The highest BCUT2D eigenvalue weighted by atomic mass is 35.5. The Labute approximate surface area is 118 Å². The predicted octanol–water partition coefficient (Wildman–Crippen LogP) is 4.84. The molecule has 1 atom stereocenters. The van der Waals surface area contributed by atoms with Crippen molar-refractivity contribution in [3.8, 4) is 11.5 Å². The number of rotatable bonds is 4. The van der Waals surface area contributed by atoms with Crippen molar-refractivity contribution in [1.82, 2.24) is 10.1 Å². The number of alkyl halides is 4. The van der Waals surface area contributed by atoms with Crippen LogP contribution in [0.1, 0.15) is 36.5 Å². The van der Waals surface area contributed by atoms with E-state index in [1.54, 1.807) is 0 Å². The Kier molecular flexibility index (Phi) is 4.32. The van der Waals surface area contributed by atoms with Crippen molar-refractivity contribution in [2.45, 2.75) is 31.3 Å². The van der Waals surface area contributed by atoms with E-state index >= 15 is 0 Å². The first-order valence-electron chi connectivity index (χ1n) is 6.07. The molecule has 0 fully saturated rings. The molecule has 0 aliphatic carbocycles. The molecule has 1 heterocycles. The lowest BCUT2D eigenvalue weighted by atomic mass is 10.1. The van der Waals surface area contributed by atoms with Gasteiger partial charge in [0.1, 0.15) is 0 Å². The van der Waals surface area contributed by atoms with Gasteiger partial charge in [0.15, 0.2) is 5.82 Å². The van der Waals surface area contributed by atoms with Gasteiger partial charge < -0.3 is 4.52 Å². The van der Waals surface area contributed by atoms with Gasteiger partial charge in [-0.2, -0.15) is 18.2 Å². The first kappa shape index (κ1) is 14.8. The van der Waals surface area contributed by atoms with E-state index in [1.165, 1.54) is 12.1 Å².